The van der Waals surface area contributed by atoms with Gasteiger partial charge in [-0.25, -0.2) is 0 Å². The van der Waals surface area contributed by atoms with Crippen LogP contribution in [0.15, 0.2) is 0 Å². The van der Waals surface area contributed by atoms with Crippen LogP contribution < -0.4 is 5.32 Å². The predicted molar refractivity (Wildman–Crippen MR) is 83.5 cm³/mol. The number of hydrogen-bond acceptors (Lipinski definition) is 2. The maximum Gasteiger partial charge on any atom is 0.0677 e. The molecule has 2 heteroatoms. The van der Waals surface area contributed by atoms with Gasteiger partial charge in [-0.15, -0.1) is 0 Å². The van der Waals surface area contributed by atoms with Crippen LogP contribution in [0.25, 0.3) is 0 Å². The van der Waals surface area contributed by atoms with E-state index in [1.807, 2.05) is 0 Å². The van der Waals surface area contributed by atoms with E-state index in [1.165, 1.54) is 19.3 Å². The lowest BCUT2D eigenvalue weighted by atomic mass is 9.76. The Morgan fingerprint density at radius 1 is 1.16 bits per heavy atom. The van der Waals surface area contributed by atoms with Crippen LogP contribution in [0.2, 0.25) is 0 Å². The summed E-state index contributed by atoms with van der Waals surface area (Å²) in [6.45, 7) is 17.1. The first-order chi connectivity index (χ1) is 8.73. The molecule has 114 valence electrons. The zero-order valence-corrected chi connectivity index (χ0v) is 14.2. The second-order valence-electron chi connectivity index (χ2n) is 7.52. The molecule has 0 bridgehead atoms. The van der Waals surface area contributed by atoms with Crippen molar-refractivity contribution in [3.63, 3.8) is 0 Å². The molecule has 1 rings (SSSR count). The second kappa shape index (κ2) is 6.58. The minimum Gasteiger partial charge on any atom is -0.369 e. The number of nitrogens with one attached hydrogen (secondary N) is 1. The minimum absolute atomic E-state index is 0.0170. The van der Waals surface area contributed by atoms with Gasteiger partial charge in [0.1, 0.15) is 0 Å². The van der Waals surface area contributed by atoms with Gasteiger partial charge in [0, 0.05) is 12.0 Å². The van der Waals surface area contributed by atoms with Crippen LogP contribution in [0.3, 0.4) is 0 Å². The smallest absolute Gasteiger partial charge is 0.0677 e. The Bertz CT molecular complexity index is 272. The summed E-state index contributed by atoms with van der Waals surface area (Å²) in [6.07, 6.45) is 4.93. The highest BCUT2D eigenvalue weighted by Gasteiger charge is 2.49. The predicted octanol–water partition coefficient (Wildman–Crippen LogP) is 4.38. The molecule has 0 saturated carbocycles. The molecule has 1 aliphatic heterocycles. The second-order valence-corrected chi connectivity index (χ2v) is 7.52. The molecule has 0 radical (unpaired) electrons. The number of rotatable bonds is 7. The van der Waals surface area contributed by atoms with E-state index in [2.05, 4.69) is 53.8 Å². The van der Waals surface area contributed by atoms with Gasteiger partial charge in [0.15, 0.2) is 0 Å². The molecule has 1 saturated heterocycles. The molecule has 1 aliphatic rings. The summed E-state index contributed by atoms with van der Waals surface area (Å²) in [4.78, 5) is 0. The van der Waals surface area contributed by atoms with Gasteiger partial charge in [-0.05, 0) is 59.4 Å². The first-order valence-corrected chi connectivity index (χ1v) is 8.17. The average molecular weight is 269 g/mol. The fourth-order valence-electron chi connectivity index (χ4n) is 3.85. The Hall–Kier alpha value is -0.0800. The van der Waals surface area contributed by atoms with Crippen molar-refractivity contribution < 1.29 is 4.74 Å². The van der Waals surface area contributed by atoms with Gasteiger partial charge in [-0.3, -0.25) is 0 Å². The largest absolute Gasteiger partial charge is 0.369 e. The van der Waals surface area contributed by atoms with Gasteiger partial charge in [-0.1, -0.05) is 27.2 Å². The van der Waals surface area contributed by atoms with E-state index in [9.17, 15) is 0 Å². The fourth-order valence-corrected chi connectivity index (χ4v) is 3.85. The molecule has 1 heterocycles. The first kappa shape index (κ1) is 17.0. The van der Waals surface area contributed by atoms with Gasteiger partial charge in [-0.2, -0.15) is 0 Å². The summed E-state index contributed by atoms with van der Waals surface area (Å²) in [7, 11) is 0. The Balaban J connectivity index is 2.84. The van der Waals surface area contributed by atoms with Crippen molar-refractivity contribution in [2.24, 2.45) is 11.8 Å². The van der Waals surface area contributed by atoms with Crippen molar-refractivity contribution in [2.75, 3.05) is 6.54 Å². The Kier molecular flexibility index (Phi) is 5.88. The van der Waals surface area contributed by atoms with E-state index in [1.54, 1.807) is 0 Å². The highest BCUT2D eigenvalue weighted by atomic mass is 16.5. The topological polar surface area (TPSA) is 21.3 Å². The molecular formula is C17H35NO. The molecule has 2 nitrogen and oxygen atoms in total. The Morgan fingerprint density at radius 2 is 1.79 bits per heavy atom. The third-order valence-electron chi connectivity index (χ3n) is 4.56. The lowest BCUT2D eigenvalue weighted by Gasteiger charge is -2.37. The van der Waals surface area contributed by atoms with E-state index in [0.29, 0.717) is 12.0 Å². The molecule has 0 aromatic heterocycles. The third-order valence-corrected chi connectivity index (χ3v) is 4.56. The van der Waals surface area contributed by atoms with Crippen molar-refractivity contribution in [3.8, 4) is 0 Å². The summed E-state index contributed by atoms with van der Waals surface area (Å²) in [5.41, 5.74) is 0.00313. The summed E-state index contributed by atoms with van der Waals surface area (Å²) < 4.78 is 6.30. The van der Waals surface area contributed by atoms with Crippen LogP contribution in [0, 0.1) is 11.8 Å². The molecule has 1 fully saturated rings. The lowest BCUT2D eigenvalue weighted by molar-refractivity contribution is -0.0795. The molecule has 0 aromatic rings. The molecule has 3 unspecified atom stereocenters. The maximum atomic E-state index is 6.30. The van der Waals surface area contributed by atoms with Gasteiger partial charge in [0.2, 0.25) is 0 Å². The molecule has 1 N–H and O–H groups in total. The van der Waals surface area contributed by atoms with Crippen LogP contribution in [0.4, 0.5) is 0 Å². The molecule has 19 heavy (non-hydrogen) atoms. The van der Waals surface area contributed by atoms with E-state index in [-0.39, 0.29) is 11.2 Å². The number of ether oxygens (including phenoxy) is 1. The van der Waals surface area contributed by atoms with Crippen molar-refractivity contribution >= 4 is 0 Å². The monoisotopic (exact) mass is 269 g/mol. The zero-order valence-electron chi connectivity index (χ0n) is 14.2. The van der Waals surface area contributed by atoms with Crippen molar-refractivity contribution in [1.29, 1.82) is 0 Å². The van der Waals surface area contributed by atoms with Gasteiger partial charge >= 0.3 is 0 Å². The molecule has 0 aliphatic carbocycles. The normalized spacial score (nSPS) is 28.3. The van der Waals surface area contributed by atoms with Gasteiger partial charge in [0.25, 0.3) is 0 Å². The van der Waals surface area contributed by atoms with E-state index in [0.717, 1.165) is 18.9 Å². The maximum absolute atomic E-state index is 6.30. The Labute approximate surface area is 120 Å². The van der Waals surface area contributed by atoms with Crippen molar-refractivity contribution in [3.05, 3.63) is 0 Å². The molecule has 0 amide bonds. The van der Waals surface area contributed by atoms with Crippen LogP contribution in [-0.2, 0) is 4.74 Å². The standard InChI is InChI=1S/C17H35NO/c1-8-10-13(3)15(18-11-9-2)14-12-16(4,5)19-17(14,6)7/h13-15,18H,8-12H2,1-7H3. The third kappa shape index (κ3) is 4.46. The van der Waals surface area contributed by atoms with Crippen LogP contribution in [0.5, 0.6) is 0 Å². The molecule has 0 aromatic carbocycles. The van der Waals surface area contributed by atoms with Crippen molar-refractivity contribution in [1.82, 2.24) is 5.32 Å². The lowest BCUT2D eigenvalue weighted by Crippen LogP contribution is -2.48. The highest BCUT2D eigenvalue weighted by molar-refractivity contribution is 5.00. The molecule has 3 atom stereocenters. The first-order valence-electron chi connectivity index (χ1n) is 8.17. The van der Waals surface area contributed by atoms with Crippen LogP contribution >= 0.6 is 0 Å². The fraction of sp³-hybridized carbons (Fsp3) is 1.00. The van der Waals surface area contributed by atoms with Crippen LogP contribution in [0.1, 0.15) is 74.1 Å². The quantitative estimate of drug-likeness (QED) is 0.740. The number of hydrogen-bond donors (Lipinski definition) is 1. The molecule has 0 spiro atoms. The summed E-state index contributed by atoms with van der Waals surface area (Å²) in [5.74, 6) is 1.33. The average Bonchev–Trinajstić information content (AvgIpc) is 2.48. The van der Waals surface area contributed by atoms with Gasteiger partial charge in [0.05, 0.1) is 11.2 Å². The highest BCUT2D eigenvalue weighted by Crippen LogP contribution is 2.45. The molecular weight excluding hydrogens is 234 g/mol. The SMILES string of the molecule is CCCNC(C(C)CCC)C1CC(C)(C)OC1(C)C. The van der Waals surface area contributed by atoms with Gasteiger partial charge < -0.3 is 10.1 Å². The van der Waals surface area contributed by atoms with Crippen molar-refractivity contribution in [2.45, 2.75) is 91.4 Å². The van der Waals surface area contributed by atoms with Crippen LogP contribution in [-0.4, -0.2) is 23.8 Å². The van der Waals surface area contributed by atoms with E-state index < -0.39 is 0 Å². The summed E-state index contributed by atoms with van der Waals surface area (Å²) in [6, 6.07) is 0.580. The minimum atomic E-state index is -0.0170. The van der Waals surface area contributed by atoms with E-state index >= 15 is 0 Å². The van der Waals surface area contributed by atoms with E-state index in [4.69, 9.17) is 4.74 Å². The Morgan fingerprint density at radius 3 is 2.21 bits per heavy atom. The zero-order chi connectivity index (χ0) is 14.7. The summed E-state index contributed by atoms with van der Waals surface area (Å²) >= 11 is 0. The summed E-state index contributed by atoms with van der Waals surface area (Å²) in [5, 5.41) is 3.81.